The van der Waals surface area contributed by atoms with Crippen LogP contribution in [0.1, 0.15) is 56.6 Å². The number of halogens is 1. The van der Waals surface area contributed by atoms with E-state index in [2.05, 4.69) is 16.4 Å². The molecule has 0 aliphatic rings. The molecular formula is C15H20ClN3O. The van der Waals surface area contributed by atoms with Crippen LogP contribution in [0.3, 0.4) is 0 Å². The highest BCUT2D eigenvalue weighted by molar-refractivity contribution is 6.29. The standard InChI is InChI=1S/C15H20ClN3O/c1-5-11(6-7-17)18-14(20)10-8-12(15(2,3)4)19-13(16)9-10/h8-9,11H,5-6H2,1-4H3,(H,18,20). The van der Waals surface area contributed by atoms with Crippen LogP contribution in [0.4, 0.5) is 0 Å². The number of hydrogen-bond acceptors (Lipinski definition) is 3. The minimum absolute atomic E-state index is 0.141. The highest BCUT2D eigenvalue weighted by Crippen LogP contribution is 2.23. The van der Waals surface area contributed by atoms with Crippen molar-refractivity contribution in [3.05, 3.63) is 28.5 Å². The molecule has 1 rings (SSSR count). The van der Waals surface area contributed by atoms with Crippen LogP contribution in [0.5, 0.6) is 0 Å². The van der Waals surface area contributed by atoms with E-state index in [1.54, 1.807) is 12.1 Å². The lowest BCUT2D eigenvalue weighted by atomic mass is 9.91. The average Bonchev–Trinajstić information content (AvgIpc) is 2.36. The molecule has 1 amide bonds. The van der Waals surface area contributed by atoms with Gasteiger partial charge in [0.05, 0.1) is 12.5 Å². The van der Waals surface area contributed by atoms with E-state index in [0.29, 0.717) is 23.6 Å². The van der Waals surface area contributed by atoms with Crippen LogP contribution in [0, 0.1) is 11.3 Å². The zero-order valence-electron chi connectivity index (χ0n) is 12.3. The normalized spacial score (nSPS) is 12.6. The number of nitriles is 1. The first-order valence-corrected chi connectivity index (χ1v) is 7.01. The van der Waals surface area contributed by atoms with Gasteiger partial charge in [-0.2, -0.15) is 5.26 Å². The maximum Gasteiger partial charge on any atom is 0.251 e. The first-order chi connectivity index (χ1) is 9.27. The summed E-state index contributed by atoms with van der Waals surface area (Å²) in [6, 6.07) is 5.23. The van der Waals surface area contributed by atoms with E-state index in [9.17, 15) is 4.79 Å². The average molecular weight is 294 g/mol. The topological polar surface area (TPSA) is 65.8 Å². The quantitative estimate of drug-likeness (QED) is 0.865. The molecule has 0 aromatic carbocycles. The molecule has 1 atom stereocenters. The number of nitrogens with one attached hydrogen (secondary N) is 1. The van der Waals surface area contributed by atoms with Crippen molar-refractivity contribution in [3.8, 4) is 6.07 Å². The minimum Gasteiger partial charge on any atom is -0.348 e. The van der Waals surface area contributed by atoms with E-state index < -0.39 is 0 Å². The van der Waals surface area contributed by atoms with Gasteiger partial charge in [-0.05, 0) is 18.6 Å². The van der Waals surface area contributed by atoms with E-state index in [-0.39, 0.29) is 17.4 Å². The smallest absolute Gasteiger partial charge is 0.251 e. The summed E-state index contributed by atoms with van der Waals surface area (Å²) >= 11 is 5.99. The van der Waals surface area contributed by atoms with Crippen molar-refractivity contribution in [2.75, 3.05) is 0 Å². The lowest BCUT2D eigenvalue weighted by molar-refractivity contribution is 0.0936. The lowest BCUT2D eigenvalue weighted by Gasteiger charge is -2.19. The maximum absolute atomic E-state index is 12.2. The van der Waals surface area contributed by atoms with Gasteiger partial charge in [-0.25, -0.2) is 4.98 Å². The number of pyridine rings is 1. The summed E-state index contributed by atoms with van der Waals surface area (Å²) < 4.78 is 0. The Morgan fingerprint density at radius 2 is 2.15 bits per heavy atom. The summed E-state index contributed by atoms with van der Waals surface area (Å²) in [6.45, 7) is 7.97. The van der Waals surface area contributed by atoms with E-state index in [1.165, 1.54) is 0 Å². The molecular weight excluding hydrogens is 274 g/mol. The fraction of sp³-hybridized carbons (Fsp3) is 0.533. The number of hydrogen-bond donors (Lipinski definition) is 1. The monoisotopic (exact) mass is 293 g/mol. The number of carbonyl (C=O) groups excluding carboxylic acids is 1. The Bertz CT molecular complexity index is 529. The van der Waals surface area contributed by atoms with Crippen LogP contribution in [0.15, 0.2) is 12.1 Å². The number of nitrogens with zero attached hydrogens (tertiary/aromatic N) is 2. The van der Waals surface area contributed by atoms with E-state index in [1.807, 2.05) is 27.7 Å². The van der Waals surface area contributed by atoms with Crippen molar-refractivity contribution in [1.29, 1.82) is 5.26 Å². The van der Waals surface area contributed by atoms with Gasteiger partial charge in [0.25, 0.3) is 5.91 Å². The van der Waals surface area contributed by atoms with Crippen molar-refractivity contribution in [2.24, 2.45) is 0 Å². The third-order valence-corrected chi connectivity index (χ3v) is 3.18. The second-order valence-electron chi connectivity index (χ2n) is 5.75. The number of carbonyl (C=O) groups is 1. The molecule has 0 radical (unpaired) electrons. The summed E-state index contributed by atoms with van der Waals surface area (Å²) in [5.41, 5.74) is 1.06. The molecule has 108 valence electrons. The fourth-order valence-corrected chi connectivity index (χ4v) is 1.90. The molecule has 4 nitrogen and oxygen atoms in total. The predicted molar refractivity (Wildman–Crippen MR) is 79.7 cm³/mol. The van der Waals surface area contributed by atoms with Gasteiger partial charge in [0, 0.05) is 22.7 Å². The summed E-state index contributed by atoms with van der Waals surface area (Å²) in [6.07, 6.45) is 1.01. The number of aromatic nitrogens is 1. The molecule has 0 aliphatic carbocycles. The van der Waals surface area contributed by atoms with Crippen molar-refractivity contribution in [1.82, 2.24) is 10.3 Å². The summed E-state index contributed by atoms with van der Waals surface area (Å²) in [4.78, 5) is 16.5. The Hall–Kier alpha value is -1.60. The molecule has 5 heteroatoms. The van der Waals surface area contributed by atoms with Gasteiger partial charge in [0.2, 0.25) is 0 Å². The van der Waals surface area contributed by atoms with Gasteiger partial charge in [-0.3, -0.25) is 4.79 Å². The largest absolute Gasteiger partial charge is 0.348 e. The molecule has 1 N–H and O–H groups in total. The molecule has 0 spiro atoms. The fourth-order valence-electron chi connectivity index (χ4n) is 1.69. The van der Waals surface area contributed by atoms with E-state index >= 15 is 0 Å². The SMILES string of the molecule is CCC(CC#N)NC(=O)c1cc(Cl)nc(C(C)(C)C)c1. The molecule has 1 unspecified atom stereocenters. The van der Waals surface area contributed by atoms with Crippen LogP contribution >= 0.6 is 11.6 Å². The lowest BCUT2D eigenvalue weighted by Crippen LogP contribution is -2.34. The molecule has 0 fully saturated rings. The van der Waals surface area contributed by atoms with Gasteiger partial charge < -0.3 is 5.32 Å². The molecule has 1 aromatic rings. The number of amides is 1. The van der Waals surface area contributed by atoms with Gasteiger partial charge in [-0.15, -0.1) is 0 Å². The molecule has 1 aromatic heterocycles. The Morgan fingerprint density at radius 1 is 1.50 bits per heavy atom. The molecule has 0 saturated carbocycles. The number of rotatable bonds is 4. The van der Waals surface area contributed by atoms with Crippen LogP contribution < -0.4 is 5.32 Å². The van der Waals surface area contributed by atoms with Crippen LogP contribution in [-0.4, -0.2) is 16.9 Å². The van der Waals surface area contributed by atoms with Gasteiger partial charge in [0.1, 0.15) is 5.15 Å². The molecule has 0 aliphatic heterocycles. The first-order valence-electron chi connectivity index (χ1n) is 6.63. The molecule has 1 heterocycles. The minimum atomic E-state index is -0.220. The van der Waals surface area contributed by atoms with Crippen LogP contribution in [0.25, 0.3) is 0 Å². The van der Waals surface area contributed by atoms with Crippen LogP contribution in [0.2, 0.25) is 5.15 Å². The Kier molecular flexibility index (Phi) is 5.52. The molecule has 20 heavy (non-hydrogen) atoms. The van der Waals surface area contributed by atoms with Crippen molar-refractivity contribution in [2.45, 2.75) is 52.0 Å². The highest BCUT2D eigenvalue weighted by Gasteiger charge is 2.20. The Labute approximate surface area is 125 Å². The van der Waals surface area contributed by atoms with Gasteiger partial charge in [-0.1, -0.05) is 39.3 Å². The predicted octanol–water partition coefficient (Wildman–Crippen LogP) is 3.45. The zero-order valence-corrected chi connectivity index (χ0v) is 13.1. The first kappa shape index (κ1) is 16.5. The van der Waals surface area contributed by atoms with E-state index in [4.69, 9.17) is 16.9 Å². The second-order valence-corrected chi connectivity index (χ2v) is 6.14. The third kappa shape index (κ3) is 4.50. The third-order valence-electron chi connectivity index (χ3n) is 2.99. The highest BCUT2D eigenvalue weighted by atomic mass is 35.5. The van der Waals surface area contributed by atoms with Crippen molar-refractivity contribution >= 4 is 17.5 Å². The summed E-state index contributed by atoms with van der Waals surface area (Å²) in [5.74, 6) is -0.220. The van der Waals surface area contributed by atoms with Crippen molar-refractivity contribution < 1.29 is 4.79 Å². The van der Waals surface area contributed by atoms with Crippen molar-refractivity contribution in [3.63, 3.8) is 0 Å². The van der Waals surface area contributed by atoms with Gasteiger partial charge in [0.15, 0.2) is 0 Å². The molecule has 0 saturated heterocycles. The Balaban J connectivity index is 2.99. The maximum atomic E-state index is 12.2. The Morgan fingerprint density at radius 3 is 2.65 bits per heavy atom. The second kappa shape index (κ2) is 6.71. The summed E-state index contributed by atoms with van der Waals surface area (Å²) in [5, 5.41) is 11.9. The summed E-state index contributed by atoms with van der Waals surface area (Å²) in [7, 11) is 0. The van der Waals surface area contributed by atoms with Gasteiger partial charge >= 0.3 is 0 Å². The van der Waals surface area contributed by atoms with Crippen LogP contribution in [-0.2, 0) is 5.41 Å². The molecule has 0 bridgehead atoms. The zero-order chi connectivity index (χ0) is 15.3. The van der Waals surface area contributed by atoms with E-state index in [0.717, 1.165) is 5.69 Å².